The van der Waals surface area contributed by atoms with Crippen molar-refractivity contribution in [3.63, 3.8) is 0 Å². The Kier molecular flexibility index (Phi) is 3.43. The smallest absolute Gasteiger partial charge is 0.207 e. The Labute approximate surface area is 95.5 Å². The van der Waals surface area contributed by atoms with Crippen LogP contribution < -0.4 is 4.72 Å². The molecule has 0 aliphatic heterocycles. The lowest BCUT2D eigenvalue weighted by Crippen LogP contribution is -2.40. The summed E-state index contributed by atoms with van der Waals surface area (Å²) in [4.78, 5) is 0.184. The molecule has 0 aliphatic rings. The van der Waals surface area contributed by atoms with E-state index in [1.54, 1.807) is 13.8 Å². The van der Waals surface area contributed by atoms with Crippen LogP contribution in [0.2, 0.25) is 5.02 Å². The van der Waals surface area contributed by atoms with Gasteiger partial charge in [0.1, 0.15) is 0 Å². The summed E-state index contributed by atoms with van der Waals surface area (Å²) in [5.74, 6) is 0. The lowest BCUT2D eigenvalue weighted by molar-refractivity contribution is 0.527. The molecule has 0 bridgehead atoms. The summed E-state index contributed by atoms with van der Waals surface area (Å²) < 4.78 is 26.0. The van der Waals surface area contributed by atoms with Crippen molar-refractivity contribution >= 4 is 21.6 Å². The maximum Gasteiger partial charge on any atom is 0.241 e. The first-order valence-electron chi connectivity index (χ1n) is 4.36. The summed E-state index contributed by atoms with van der Waals surface area (Å²) in [5, 5.41) is 0.503. The van der Waals surface area contributed by atoms with E-state index < -0.39 is 15.6 Å². The van der Waals surface area contributed by atoms with Crippen LogP contribution in [-0.2, 0) is 10.0 Å². The first-order valence-corrected chi connectivity index (χ1v) is 6.22. The van der Waals surface area contributed by atoms with Crippen molar-refractivity contribution in [2.24, 2.45) is 0 Å². The SMILES string of the molecule is [CH2]C(C)(C)NS(=O)(=O)c1ccc(Cl)cc1. The fourth-order valence-corrected chi connectivity index (χ4v) is 2.50. The van der Waals surface area contributed by atoms with Crippen LogP contribution in [0.25, 0.3) is 0 Å². The quantitative estimate of drug-likeness (QED) is 0.889. The van der Waals surface area contributed by atoms with E-state index in [0.29, 0.717) is 5.02 Å². The minimum absolute atomic E-state index is 0.184. The van der Waals surface area contributed by atoms with E-state index in [-0.39, 0.29) is 4.90 Å². The molecule has 0 spiro atoms. The highest BCUT2D eigenvalue weighted by Crippen LogP contribution is 2.15. The number of benzene rings is 1. The lowest BCUT2D eigenvalue weighted by Gasteiger charge is -2.20. The summed E-state index contributed by atoms with van der Waals surface area (Å²) in [5.41, 5.74) is -0.738. The predicted octanol–water partition coefficient (Wildman–Crippen LogP) is 2.23. The van der Waals surface area contributed by atoms with Crippen molar-refractivity contribution in [3.8, 4) is 0 Å². The summed E-state index contributed by atoms with van der Waals surface area (Å²) in [6.07, 6.45) is 0. The van der Waals surface area contributed by atoms with Crippen LogP contribution in [0.15, 0.2) is 29.2 Å². The van der Waals surface area contributed by atoms with E-state index in [1.165, 1.54) is 24.3 Å². The molecule has 0 atom stereocenters. The van der Waals surface area contributed by atoms with E-state index in [4.69, 9.17) is 11.6 Å². The maximum atomic E-state index is 11.8. The molecule has 1 aromatic carbocycles. The predicted molar refractivity (Wildman–Crippen MR) is 61.2 cm³/mol. The molecule has 15 heavy (non-hydrogen) atoms. The van der Waals surface area contributed by atoms with Gasteiger partial charge in [-0.2, -0.15) is 0 Å². The monoisotopic (exact) mass is 246 g/mol. The molecular formula is C10H13ClNO2S. The standard InChI is InChI=1S/C10H13ClNO2S/c1-10(2,3)12-15(13,14)9-6-4-8(11)5-7-9/h4-7,12H,1H2,2-3H3. The van der Waals surface area contributed by atoms with E-state index >= 15 is 0 Å². The van der Waals surface area contributed by atoms with Crippen molar-refractivity contribution < 1.29 is 8.42 Å². The Morgan fingerprint density at radius 2 is 1.73 bits per heavy atom. The van der Waals surface area contributed by atoms with E-state index in [1.807, 2.05) is 0 Å². The molecule has 0 saturated heterocycles. The highest BCUT2D eigenvalue weighted by molar-refractivity contribution is 7.89. The highest BCUT2D eigenvalue weighted by atomic mass is 35.5. The molecule has 1 radical (unpaired) electrons. The van der Waals surface area contributed by atoms with Crippen molar-refractivity contribution in [3.05, 3.63) is 36.2 Å². The second-order valence-corrected chi connectivity index (χ2v) is 6.06. The van der Waals surface area contributed by atoms with Gasteiger partial charge in [0.2, 0.25) is 10.0 Å². The second-order valence-electron chi connectivity index (χ2n) is 3.94. The Morgan fingerprint density at radius 1 is 1.27 bits per heavy atom. The molecule has 0 amide bonds. The van der Waals surface area contributed by atoms with Crippen LogP contribution in [0, 0.1) is 6.92 Å². The van der Waals surface area contributed by atoms with Gasteiger partial charge in [0.15, 0.2) is 0 Å². The van der Waals surface area contributed by atoms with Crippen molar-refractivity contribution in [1.29, 1.82) is 0 Å². The number of rotatable bonds is 3. The Bertz CT molecular complexity index is 431. The van der Waals surface area contributed by atoms with Gasteiger partial charge in [0.25, 0.3) is 0 Å². The van der Waals surface area contributed by atoms with Gasteiger partial charge >= 0.3 is 0 Å². The van der Waals surface area contributed by atoms with Gasteiger partial charge < -0.3 is 0 Å². The molecule has 1 rings (SSSR count). The molecule has 1 aromatic rings. The van der Waals surface area contributed by atoms with E-state index in [0.717, 1.165) is 0 Å². The van der Waals surface area contributed by atoms with Crippen LogP contribution in [0.1, 0.15) is 13.8 Å². The molecule has 3 nitrogen and oxygen atoms in total. The summed E-state index contributed by atoms with van der Waals surface area (Å²) in [6, 6.07) is 5.98. The second kappa shape index (κ2) is 4.12. The molecule has 0 heterocycles. The van der Waals surface area contributed by atoms with Crippen molar-refractivity contribution in [1.82, 2.24) is 4.72 Å². The van der Waals surface area contributed by atoms with Gasteiger partial charge in [-0.05, 0) is 45.0 Å². The summed E-state index contributed by atoms with van der Waals surface area (Å²) in [7, 11) is -3.51. The van der Waals surface area contributed by atoms with E-state index in [2.05, 4.69) is 11.6 Å². The zero-order valence-corrected chi connectivity index (χ0v) is 10.2. The zero-order valence-electron chi connectivity index (χ0n) is 8.62. The zero-order chi connectivity index (χ0) is 11.7. The maximum absolute atomic E-state index is 11.8. The fourth-order valence-electron chi connectivity index (χ4n) is 1.04. The third kappa shape index (κ3) is 3.81. The number of sulfonamides is 1. The van der Waals surface area contributed by atoms with Gasteiger partial charge in [0.05, 0.1) is 4.90 Å². The van der Waals surface area contributed by atoms with E-state index in [9.17, 15) is 8.42 Å². The Hall–Kier alpha value is -0.580. The first kappa shape index (κ1) is 12.5. The number of nitrogens with one attached hydrogen (secondary N) is 1. The first-order chi connectivity index (χ1) is 6.71. The van der Waals surface area contributed by atoms with Crippen LogP contribution in [0.5, 0.6) is 0 Å². The molecule has 0 saturated carbocycles. The summed E-state index contributed by atoms with van der Waals surface area (Å²) >= 11 is 5.67. The molecule has 0 aliphatic carbocycles. The van der Waals surface area contributed by atoms with Gasteiger partial charge in [0, 0.05) is 10.6 Å². The number of hydrogen-bond acceptors (Lipinski definition) is 2. The molecule has 0 fully saturated rings. The van der Waals surface area contributed by atoms with Crippen LogP contribution >= 0.6 is 11.6 Å². The van der Waals surface area contributed by atoms with Gasteiger partial charge in [-0.1, -0.05) is 11.6 Å². The average molecular weight is 247 g/mol. The lowest BCUT2D eigenvalue weighted by atomic mass is 10.1. The minimum Gasteiger partial charge on any atom is -0.207 e. The van der Waals surface area contributed by atoms with Crippen molar-refractivity contribution in [2.75, 3.05) is 0 Å². The van der Waals surface area contributed by atoms with Crippen LogP contribution in [0.4, 0.5) is 0 Å². The molecular weight excluding hydrogens is 234 g/mol. The van der Waals surface area contributed by atoms with Crippen LogP contribution in [-0.4, -0.2) is 14.0 Å². The summed E-state index contributed by atoms with van der Waals surface area (Å²) in [6.45, 7) is 7.04. The normalized spacial score (nSPS) is 12.8. The Morgan fingerprint density at radius 3 is 2.13 bits per heavy atom. The average Bonchev–Trinajstić information content (AvgIpc) is 2.00. The van der Waals surface area contributed by atoms with Gasteiger partial charge in [-0.25, -0.2) is 13.1 Å². The third-order valence-corrected chi connectivity index (χ3v) is 3.50. The third-order valence-electron chi connectivity index (χ3n) is 1.53. The highest BCUT2D eigenvalue weighted by Gasteiger charge is 2.21. The topological polar surface area (TPSA) is 46.2 Å². The number of halogens is 1. The van der Waals surface area contributed by atoms with Crippen LogP contribution in [0.3, 0.4) is 0 Å². The number of hydrogen-bond donors (Lipinski definition) is 1. The van der Waals surface area contributed by atoms with Crippen molar-refractivity contribution in [2.45, 2.75) is 24.3 Å². The molecule has 83 valence electrons. The molecule has 0 aromatic heterocycles. The molecule has 1 N–H and O–H groups in total. The molecule has 0 unspecified atom stereocenters. The van der Waals surface area contributed by atoms with Gasteiger partial charge in [-0.3, -0.25) is 0 Å². The largest absolute Gasteiger partial charge is 0.241 e. The van der Waals surface area contributed by atoms with Gasteiger partial charge in [-0.15, -0.1) is 0 Å². The Balaban J connectivity index is 3.02. The minimum atomic E-state index is -3.51. The fraction of sp³-hybridized carbons (Fsp3) is 0.300. The molecule has 5 heteroatoms.